The molecule has 6 heteroatoms. The summed E-state index contributed by atoms with van der Waals surface area (Å²) in [6.45, 7) is 2.36. The number of rotatable bonds is 5. The minimum absolute atomic E-state index is 0.159. The van der Waals surface area contributed by atoms with Crippen LogP contribution in [0.4, 0.5) is 0 Å². The van der Waals surface area contributed by atoms with Gasteiger partial charge >= 0.3 is 0 Å². The highest BCUT2D eigenvalue weighted by molar-refractivity contribution is 7.87. The van der Waals surface area contributed by atoms with Crippen LogP contribution in [0, 0.1) is 6.92 Å². The number of nitrogens with one attached hydrogen (secondary N) is 1. The first-order chi connectivity index (χ1) is 6.97. The molecule has 1 aromatic rings. The molecule has 0 saturated heterocycles. The molecule has 0 atom stereocenters. The molecule has 1 aromatic carbocycles. The summed E-state index contributed by atoms with van der Waals surface area (Å²) in [6.07, 6.45) is 0. The van der Waals surface area contributed by atoms with Crippen LogP contribution in [0.2, 0.25) is 0 Å². The van der Waals surface area contributed by atoms with E-state index in [4.69, 9.17) is 9.88 Å². The van der Waals surface area contributed by atoms with E-state index in [2.05, 4.69) is 4.72 Å². The summed E-state index contributed by atoms with van der Waals surface area (Å²) < 4.78 is 28.4. The van der Waals surface area contributed by atoms with E-state index in [0.717, 1.165) is 5.56 Å². The molecule has 5 nitrogen and oxygen atoms in total. The fourth-order valence-electron chi connectivity index (χ4n) is 1.06. The Kier molecular flexibility index (Phi) is 4.07. The SMILES string of the molecule is Cc1cccc(OCCNS(N)(=O)=O)c1. The molecule has 0 amide bonds. The van der Waals surface area contributed by atoms with Crippen molar-refractivity contribution in [1.29, 1.82) is 0 Å². The van der Waals surface area contributed by atoms with E-state index in [1.807, 2.05) is 31.2 Å². The first-order valence-electron chi connectivity index (χ1n) is 4.44. The molecule has 0 aromatic heterocycles. The fraction of sp³-hybridized carbons (Fsp3) is 0.333. The second-order valence-electron chi connectivity index (χ2n) is 3.10. The van der Waals surface area contributed by atoms with Gasteiger partial charge in [0.25, 0.3) is 10.2 Å². The molecule has 0 radical (unpaired) electrons. The van der Waals surface area contributed by atoms with Crippen molar-refractivity contribution >= 4 is 10.2 Å². The summed E-state index contributed by atoms with van der Waals surface area (Å²) >= 11 is 0. The lowest BCUT2D eigenvalue weighted by atomic mass is 10.2. The van der Waals surface area contributed by atoms with Crippen molar-refractivity contribution in [1.82, 2.24) is 4.72 Å². The van der Waals surface area contributed by atoms with Crippen LogP contribution >= 0.6 is 0 Å². The first-order valence-corrected chi connectivity index (χ1v) is 5.99. The molecule has 0 saturated carbocycles. The molecule has 0 fully saturated rings. The molecule has 0 aliphatic carbocycles. The molecule has 0 bridgehead atoms. The van der Waals surface area contributed by atoms with Crippen molar-refractivity contribution in [2.24, 2.45) is 5.14 Å². The van der Waals surface area contributed by atoms with Crippen LogP contribution in [0.15, 0.2) is 24.3 Å². The number of benzene rings is 1. The Hall–Kier alpha value is -1.11. The lowest BCUT2D eigenvalue weighted by Gasteiger charge is -2.06. The van der Waals surface area contributed by atoms with Crippen LogP contribution in [0.3, 0.4) is 0 Å². The van der Waals surface area contributed by atoms with E-state index in [1.165, 1.54) is 0 Å². The van der Waals surface area contributed by atoms with Gasteiger partial charge in [0.2, 0.25) is 0 Å². The lowest BCUT2D eigenvalue weighted by Crippen LogP contribution is -2.33. The third kappa shape index (κ3) is 5.36. The Morgan fingerprint density at radius 2 is 2.20 bits per heavy atom. The molecule has 0 unspecified atom stereocenters. The summed E-state index contributed by atoms with van der Waals surface area (Å²) in [5.41, 5.74) is 1.09. The summed E-state index contributed by atoms with van der Waals surface area (Å²) in [5.74, 6) is 0.714. The van der Waals surface area contributed by atoms with E-state index in [-0.39, 0.29) is 13.2 Å². The summed E-state index contributed by atoms with van der Waals surface area (Å²) in [7, 11) is -3.62. The van der Waals surface area contributed by atoms with Crippen LogP contribution < -0.4 is 14.6 Å². The maximum Gasteiger partial charge on any atom is 0.274 e. The van der Waals surface area contributed by atoms with Crippen LogP contribution in [-0.4, -0.2) is 21.6 Å². The number of ether oxygens (including phenoxy) is 1. The smallest absolute Gasteiger partial charge is 0.274 e. The Morgan fingerprint density at radius 1 is 1.47 bits per heavy atom. The van der Waals surface area contributed by atoms with Crippen LogP contribution in [0.25, 0.3) is 0 Å². The van der Waals surface area contributed by atoms with Gasteiger partial charge in [-0.3, -0.25) is 0 Å². The molecule has 0 spiro atoms. The van der Waals surface area contributed by atoms with E-state index in [1.54, 1.807) is 0 Å². The van der Waals surface area contributed by atoms with Gasteiger partial charge in [-0.05, 0) is 24.6 Å². The zero-order valence-corrected chi connectivity index (χ0v) is 9.25. The molecule has 3 N–H and O–H groups in total. The topological polar surface area (TPSA) is 81.4 Å². The Balaban J connectivity index is 2.32. The van der Waals surface area contributed by atoms with E-state index >= 15 is 0 Å². The molecule has 0 heterocycles. The van der Waals surface area contributed by atoms with Crippen molar-refractivity contribution in [3.8, 4) is 5.75 Å². The summed E-state index contributed by atoms with van der Waals surface area (Å²) in [4.78, 5) is 0. The quantitative estimate of drug-likeness (QED) is 0.707. The van der Waals surface area contributed by atoms with Gasteiger partial charge in [-0.25, -0.2) is 5.14 Å². The average Bonchev–Trinajstić information content (AvgIpc) is 2.11. The highest BCUT2D eigenvalue weighted by atomic mass is 32.2. The first kappa shape index (κ1) is 12.0. The third-order valence-electron chi connectivity index (χ3n) is 1.66. The maximum absolute atomic E-state index is 10.5. The highest BCUT2D eigenvalue weighted by Crippen LogP contribution is 2.11. The van der Waals surface area contributed by atoms with Crippen LogP contribution in [0.5, 0.6) is 5.75 Å². The summed E-state index contributed by atoms with van der Waals surface area (Å²) in [6, 6.07) is 7.51. The van der Waals surface area contributed by atoms with Gasteiger partial charge < -0.3 is 4.74 Å². The average molecular weight is 230 g/mol. The zero-order valence-electron chi connectivity index (χ0n) is 8.43. The van der Waals surface area contributed by atoms with Crippen molar-refractivity contribution < 1.29 is 13.2 Å². The predicted octanol–water partition coefficient (Wildman–Crippen LogP) is 0.167. The third-order valence-corrected chi connectivity index (χ3v) is 2.27. The fourth-order valence-corrected chi connectivity index (χ4v) is 1.43. The van der Waals surface area contributed by atoms with Gasteiger partial charge in [0.1, 0.15) is 12.4 Å². The van der Waals surface area contributed by atoms with Crippen LogP contribution in [0.1, 0.15) is 5.56 Å². The zero-order chi connectivity index (χ0) is 11.3. The Morgan fingerprint density at radius 3 is 2.80 bits per heavy atom. The molecule has 84 valence electrons. The number of aryl methyl sites for hydroxylation is 1. The lowest BCUT2D eigenvalue weighted by molar-refractivity contribution is 0.322. The maximum atomic E-state index is 10.5. The second-order valence-corrected chi connectivity index (χ2v) is 4.48. The van der Waals surface area contributed by atoms with Crippen LogP contribution in [-0.2, 0) is 10.2 Å². The van der Waals surface area contributed by atoms with Crippen molar-refractivity contribution in [3.63, 3.8) is 0 Å². The largest absolute Gasteiger partial charge is 0.492 e. The van der Waals surface area contributed by atoms with Gasteiger partial charge in [-0.2, -0.15) is 13.1 Å². The monoisotopic (exact) mass is 230 g/mol. The number of nitrogens with two attached hydrogens (primary N) is 1. The van der Waals surface area contributed by atoms with Gasteiger partial charge in [-0.1, -0.05) is 12.1 Å². The molecular formula is C9H14N2O3S. The molecule has 0 aliphatic rings. The van der Waals surface area contributed by atoms with Gasteiger partial charge in [0.15, 0.2) is 0 Å². The number of hydrogen-bond donors (Lipinski definition) is 2. The van der Waals surface area contributed by atoms with E-state index in [9.17, 15) is 8.42 Å². The molecule has 1 rings (SSSR count). The van der Waals surface area contributed by atoms with Crippen molar-refractivity contribution in [2.45, 2.75) is 6.92 Å². The summed E-state index contributed by atoms with van der Waals surface area (Å²) in [5, 5.41) is 4.74. The van der Waals surface area contributed by atoms with Crippen molar-refractivity contribution in [3.05, 3.63) is 29.8 Å². The second kappa shape index (κ2) is 5.11. The molecule has 0 aliphatic heterocycles. The Bertz CT molecular complexity index is 417. The van der Waals surface area contributed by atoms with Gasteiger partial charge in [0, 0.05) is 6.54 Å². The minimum atomic E-state index is -3.62. The van der Waals surface area contributed by atoms with E-state index in [0.29, 0.717) is 5.75 Å². The standard InChI is InChI=1S/C9H14N2O3S/c1-8-3-2-4-9(7-8)14-6-5-11-15(10,12)13/h2-4,7,11H,5-6H2,1H3,(H2,10,12,13). The molecular weight excluding hydrogens is 216 g/mol. The normalized spacial score (nSPS) is 11.3. The minimum Gasteiger partial charge on any atom is -0.492 e. The highest BCUT2D eigenvalue weighted by Gasteiger charge is 1.99. The van der Waals surface area contributed by atoms with E-state index < -0.39 is 10.2 Å². The Labute approximate surface area is 89.4 Å². The molecule has 15 heavy (non-hydrogen) atoms. The predicted molar refractivity (Wildman–Crippen MR) is 57.8 cm³/mol. The van der Waals surface area contributed by atoms with Gasteiger partial charge in [-0.15, -0.1) is 0 Å². The van der Waals surface area contributed by atoms with Gasteiger partial charge in [0.05, 0.1) is 0 Å². The number of hydrogen-bond acceptors (Lipinski definition) is 3. The van der Waals surface area contributed by atoms with Crippen molar-refractivity contribution in [2.75, 3.05) is 13.2 Å².